The summed E-state index contributed by atoms with van der Waals surface area (Å²) in [6.45, 7) is 4.13. The summed E-state index contributed by atoms with van der Waals surface area (Å²) < 4.78 is 5.20. The maximum Gasteiger partial charge on any atom is 0.409 e. The minimum atomic E-state index is -0.326. The van der Waals surface area contributed by atoms with Crippen LogP contribution in [0.3, 0.4) is 0 Å². The van der Waals surface area contributed by atoms with Crippen molar-refractivity contribution in [2.75, 3.05) is 32.8 Å². The van der Waals surface area contributed by atoms with Crippen molar-refractivity contribution in [3.63, 3.8) is 0 Å². The van der Waals surface area contributed by atoms with Crippen LogP contribution in [-0.4, -0.2) is 69.5 Å². The van der Waals surface area contributed by atoms with Crippen molar-refractivity contribution in [2.24, 2.45) is 0 Å². The monoisotopic (exact) mass is 518 g/mol. The molecular weight excluding hydrogens is 492 g/mol. The molecule has 1 unspecified atom stereocenters. The molecule has 9 nitrogen and oxygen atoms in total. The molecule has 1 aromatic carbocycles. The highest BCUT2D eigenvalue weighted by atomic mass is 35.5. The first-order valence-electron chi connectivity index (χ1n) is 12.5. The van der Waals surface area contributed by atoms with Crippen LogP contribution in [0.1, 0.15) is 58.8 Å². The summed E-state index contributed by atoms with van der Waals surface area (Å²) in [7, 11) is 0. The number of ether oxygens (including phenoxy) is 1. The van der Waals surface area contributed by atoms with Crippen molar-refractivity contribution < 1.29 is 14.3 Å². The number of amides is 2. The second-order valence-corrected chi connectivity index (χ2v) is 9.71. The molecule has 0 radical (unpaired) electrons. The highest BCUT2D eigenvalue weighted by Crippen LogP contribution is 2.37. The molecule has 2 aliphatic rings. The minimum Gasteiger partial charge on any atom is -0.449 e. The Morgan fingerprint density at radius 2 is 1.95 bits per heavy atom. The third-order valence-corrected chi connectivity index (χ3v) is 7.41. The molecule has 1 aliphatic heterocycles. The van der Waals surface area contributed by atoms with E-state index in [0.29, 0.717) is 55.3 Å². The summed E-state index contributed by atoms with van der Waals surface area (Å²) >= 11 is 6.81. The van der Waals surface area contributed by atoms with E-state index in [-0.39, 0.29) is 23.7 Å². The predicted octanol–water partition coefficient (Wildman–Crippen LogP) is 4.13. The maximum absolute atomic E-state index is 13.3. The lowest BCUT2D eigenvalue weighted by molar-refractivity contribution is 0.0560. The Kier molecular flexibility index (Phi) is 7.19. The highest BCUT2D eigenvalue weighted by Gasteiger charge is 2.28. The fourth-order valence-corrected chi connectivity index (χ4v) is 5.35. The largest absolute Gasteiger partial charge is 0.449 e. The molecule has 1 fully saturated rings. The number of benzene rings is 1. The van der Waals surface area contributed by atoms with E-state index < -0.39 is 0 Å². The smallest absolute Gasteiger partial charge is 0.409 e. The van der Waals surface area contributed by atoms with E-state index in [4.69, 9.17) is 26.6 Å². The number of nitrogens with zero attached hydrogens (tertiary/aromatic N) is 6. The third kappa shape index (κ3) is 5.07. The number of pyridine rings is 1. The van der Waals surface area contributed by atoms with Gasteiger partial charge in [0, 0.05) is 60.6 Å². The van der Waals surface area contributed by atoms with Crippen molar-refractivity contribution in [3.8, 4) is 6.07 Å². The van der Waals surface area contributed by atoms with Gasteiger partial charge in [-0.3, -0.25) is 9.78 Å². The number of halogens is 1. The number of carbonyl (C=O) groups excluding carboxylic acids is 2. The molecule has 1 saturated heterocycles. The van der Waals surface area contributed by atoms with Gasteiger partial charge in [0.1, 0.15) is 6.07 Å². The Hall–Kier alpha value is -3.77. The fourth-order valence-electron chi connectivity index (χ4n) is 4.98. The van der Waals surface area contributed by atoms with E-state index in [9.17, 15) is 9.59 Å². The first-order valence-corrected chi connectivity index (χ1v) is 12.9. The number of nitriles is 1. The maximum atomic E-state index is 13.3. The summed E-state index contributed by atoms with van der Waals surface area (Å²) in [5.74, 6) is 0.186. The number of hydrogen-bond acceptors (Lipinski definition) is 7. The van der Waals surface area contributed by atoms with Crippen LogP contribution in [0.2, 0.25) is 5.02 Å². The van der Waals surface area contributed by atoms with E-state index in [1.165, 1.54) is 0 Å². The molecular formula is C27H27ClN6O3. The first-order chi connectivity index (χ1) is 18.0. The van der Waals surface area contributed by atoms with Crippen molar-refractivity contribution in [2.45, 2.75) is 38.5 Å². The van der Waals surface area contributed by atoms with E-state index in [1.54, 1.807) is 28.1 Å². The minimum absolute atomic E-state index is 0.0954. The lowest BCUT2D eigenvalue weighted by Gasteiger charge is -2.34. The molecule has 5 rings (SSSR count). The van der Waals surface area contributed by atoms with Crippen LogP contribution < -0.4 is 0 Å². The van der Waals surface area contributed by atoms with Gasteiger partial charge in [-0.2, -0.15) is 5.26 Å². The molecule has 0 spiro atoms. The predicted molar refractivity (Wildman–Crippen MR) is 137 cm³/mol. The molecule has 2 amide bonds. The van der Waals surface area contributed by atoms with Gasteiger partial charge < -0.3 is 14.5 Å². The van der Waals surface area contributed by atoms with E-state index in [1.807, 2.05) is 25.1 Å². The number of aromatic nitrogens is 3. The molecule has 10 heteroatoms. The van der Waals surface area contributed by atoms with Gasteiger partial charge in [-0.15, -0.1) is 0 Å². The average Bonchev–Trinajstić information content (AvgIpc) is 2.95. The zero-order chi connectivity index (χ0) is 25.9. The molecule has 0 N–H and O–H groups in total. The molecule has 37 heavy (non-hydrogen) atoms. The second-order valence-electron chi connectivity index (χ2n) is 9.33. The summed E-state index contributed by atoms with van der Waals surface area (Å²) in [6.07, 6.45) is 4.34. The second kappa shape index (κ2) is 10.7. The van der Waals surface area contributed by atoms with Crippen LogP contribution in [0.4, 0.5) is 4.79 Å². The highest BCUT2D eigenvalue weighted by molar-refractivity contribution is 6.36. The van der Waals surface area contributed by atoms with Crippen molar-refractivity contribution in [1.82, 2.24) is 24.8 Å². The standard InChI is InChI=1S/C27H27ClN6O3/c1-2-13-37-27(36)34-11-9-33(10-12-34)26(35)18-4-6-20-23(15-18)31-22-14-17(3-5-19(22)25(20)28)21-7-8-30-24(16-29)32-21/h4,6-8,15,17H,2-3,5,9-14H2,1H3. The third-order valence-electron chi connectivity index (χ3n) is 6.98. The van der Waals surface area contributed by atoms with Crippen LogP contribution in [0, 0.1) is 11.3 Å². The van der Waals surface area contributed by atoms with Gasteiger partial charge in [0.2, 0.25) is 5.82 Å². The molecule has 190 valence electrons. The number of rotatable bonds is 4. The van der Waals surface area contributed by atoms with E-state index in [2.05, 4.69) is 9.97 Å². The molecule has 2 aromatic heterocycles. The van der Waals surface area contributed by atoms with Gasteiger partial charge >= 0.3 is 6.09 Å². The Bertz CT molecular complexity index is 1400. The molecule has 3 aromatic rings. The Morgan fingerprint density at radius 1 is 1.16 bits per heavy atom. The van der Waals surface area contributed by atoms with Gasteiger partial charge in [0.25, 0.3) is 5.91 Å². The van der Waals surface area contributed by atoms with E-state index >= 15 is 0 Å². The Balaban J connectivity index is 1.34. The molecule has 0 saturated carbocycles. The number of carbonyl (C=O) groups is 2. The van der Waals surface area contributed by atoms with Gasteiger partial charge in [0.05, 0.1) is 17.1 Å². The number of hydrogen-bond donors (Lipinski definition) is 0. The fraction of sp³-hybridized carbons (Fsp3) is 0.407. The zero-order valence-corrected chi connectivity index (χ0v) is 21.4. The number of fused-ring (bicyclic) bond motifs is 2. The van der Waals surface area contributed by atoms with Gasteiger partial charge in [0.15, 0.2) is 0 Å². The molecule has 3 heterocycles. The Morgan fingerprint density at radius 3 is 2.70 bits per heavy atom. The summed E-state index contributed by atoms with van der Waals surface area (Å²) in [4.78, 5) is 42.0. The molecule has 1 aliphatic carbocycles. The van der Waals surface area contributed by atoms with Crippen LogP contribution in [0.15, 0.2) is 30.5 Å². The normalized spacial score (nSPS) is 17.3. The summed E-state index contributed by atoms with van der Waals surface area (Å²) in [5.41, 5.74) is 3.98. The van der Waals surface area contributed by atoms with Crippen molar-refractivity contribution in [1.29, 1.82) is 5.26 Å². The van der Waals surface area contributed by atoms with Gasteiger partial charge in [-0.25, -0.2) is 14.8 Å². The van der Waals surface area contributed by atoms with Gasteiger partial charge in [-0.1, -0.05) is 24.6 Å². The summed E-state index contributed by atoms with van der Waals surface area (Å²) in [6, 6.07) is 9.31. The van der Waals surface area contributed by atoms with E-state index in [0.717, 1.165) is 41.6 Å². The van der Waals surface area contributed by atoms with Crippen LogP contribution in [0.5, 0.6) is 0 Å². The topological polar surface area (TPSA) is 112 Å². The zero-order valence-electron chi connectivity index (χ0n) is 20.6. The van der Waals surface area contributed by atoms with Crippen LogP contribution in [0.25, 0.3) is 10.9 Å². The summed E-state index contributed by atoms with van der Waals surface area (Å²) in [5, 5.41) is 10.7. The number of piperazine rings is 1. The van der Waals surface area contributed by atoms with Crippen molar-refractivity contribution >= 4 is 34.5 Å². The lowest BCUT2D eigenvalue weighted by Crippen LogP contribution is -2.50. The first kappa shape index (κ1) is 24.9. The quantitative estimate of drug-likeness (QED) is 0.510. The Labute approximate surface area is 220 Å². The van der Waals surface area contributed by atoms with Gasteiger partial charge in [-0.05, 0) is 49.4 Å². The van der Waals surface area contributed by atoms with Crippen LogP contribution in [-0.2, 0) is 17.6 Å². The molecule has 0 bridgehead atoms. The molecule has 1 atom stereocenters. The van der Waals surface area contributed by atoms with Crippen molar-refractivity contribution in [3.05, 3.63) is 63.8 Å². The lowest BCUT2D eigenvalue weighted by atomic mass is 9.84. The van der Waals surface area contributed by atoms with Crippen LogP contribution >= 0.6 is 11.6 Å². The SMILES string of the molecule is CCCOC(=O)N1CCN(C(=O)c2ccc3c(Cl)c4c(nc3c2)CC(c2ccnc(C#N)n2)CC4)CC1. The average molecular weight is 519 g/mol.